The molecule has 180 valence electrons. The predicted molar refractivity (Wildman–Crippen MR) is 131 cm³/mol. The Bertz CT molecular complexity index is 1300. The van der Waals surface area contributed by atoms with Crippen molar-refractivity contribution in [3.63, 3.8) is 0 Å². The van der Waals surface area contributed by atoms with Crippen LogP contribution in [0.2, 0.25) is 5.02 Å². The molecule has 0 unspecified atom stereocenters. The van der Waals surface area contributed by atoms with Gasteiger partial charge in [-0.1, -0.05) is 11.6 Å². The molecular weight excluding hydrogens is 502 g/mol. The van der Waals surface area contributed by atoms with E-state index in [4.69, 9.17) is 26.1 Å². The number of aromatic nitrogens is 1. The fourth-order valence-corrected chi connectivity index (χ4v) is 6.68. The molecule has 2 heterocycles. The third-order valence-corrected chi connectivity index (χ3v) is 9.21. The first-order valence-corrected chi connectivity index (χ1v) is 13.1. The Morgan fingerprint density at radius 1 is 1.12 bits per heavy atom. The van der Waals surface area contributed by atoms with Gasteiger partial charge in [0, 0.05) is 36.2 Å². The molecule has 0 amide bonds. The summed E-state index contributed by atoms with van der Waals surface area (Å²) in [7, 11) is -0.551. The van der Waals surface area contributed by atoms with E-state index in [-0.39, 0.29) is 9.92 Å². The molecule has 0 spiro atoms. The molecule has 12 heteroatoms. The second kappa shape index (κ2) is 9.77. The Morgan fingerprint density at radius 3 is 2.35 bits per heavy atom. The lowest BCUT2D eigenvalue weighted by molar-refractivity contribution is -0.384. The summed E-state index contributed by atoms with van der Waals surface area (Å²) in [5.74, 6) is 1.33. The van der Waals surface area contributed by atoms with Crippen LogP contribution in [0.5, 0.6) is 11.5 Å². The average molecular weight is 524 g/mol. The Kier molecular flexibility index (Phi) is 6.96. The van der Waals surface area contributed by atoms with E-state index >= 15 is 0 Å². The summed E-state index contributed by atoms with van der Waals surface area (Å²) in [6.07, 6.45) is 0.779. The summed E-state index contributed by atoms with van der Waals surface area (Å²) in [6.45, 7) is 1.02. The maximum absolute atomic E-state index is 13.1. The van der Waals surface area contributed by atoms with Gasteiger partial charge in [0.25, 0.3) is 5.69 Å². The molecule has 2 aromatic carbocycles. The number of sulfone groups is 1. The topological polar surface area (TPSA) is 112 Å². The third-order valence-electron chi connectivity index (χ3n) is 5.73. The fourth-order valence-electron chi connectivity index (χ4n) is 3.86. The lowest BCUT2D eigenvalue weighted by atomic mass is 10.1. The van der Waals surface area contributed by atoms with Crippen LogP contribution < -0.4 is 14.4 Å². The molecule has 0 N–H and O–H groups in total. The van der Waals surface area contributed by atoms with Gasteiger partial charge in [-0.25, -0.2) is 13.4 Å². The van der Waals surface area contributed by atoms with Gasteiger partial charge in [0.15, 0.2) is 15.0 Å². The average Bonchev–Trinajstić information content (AvgIpc) is 3.34. The Hall–Kier alpha value is -2.89. The minimum Gasteiger partial charge on any atom is -0.497 e. The van der Waals surface area contributed by atoms with Crippen molar-refractivity contribution in [1.29, 1.82) is 0 Å². The minimum atomic E-state index is -3.73. The van der Waals surface area contributed by atoms with E-state index in [1.165, 1.54) is 23.5 Å². The van der Waals surface area contributed by atoms with Gasteiger partial charge in [-0.3, -0.25) is 10.1 Å². The number of nitro benzene ring substituents is 1. The van der Waals surface area contributed by atoms with Crippen LogP contribution in [0.4, 0.5) is 10.8 Å². The number of halogens is 1. The van der Waals surface area contributed by atoms with Crippen LogP contribution in [0.15, 0.2) is 46.7 Å². The van der Waals surface area contributed by atoms with Crippen LogP contribution in [0.1, 0.15) is 12.8 Å². The van der Waals surface area contributed by atoms with E-state index in [2.05, 4.69) is 4.90 Å². The molecule has 0 aliphatic carbocycles. The third kappa shape index (κ3) is 4.82. The molecule has 1 aromatic heterocycles. The molecule has 4 rings (SSSR count). The summed E-state index contributed by atoms with van der Waals surface area (Å²) in [5, 5.41) is 13.2. The van der Waals surface area contributed by atoms with Gasteiger partial charge < -0.3 is 14.4 Å². The SMILES string of the molecule is COc1cc(OC)cc(-c2csc(N3CCC(S(=O)(=O)c4ccc(Cl)c([N+](=O)[O-])c4)CC3)n2)c1. The van der Waals surface area contributed by atoms with Gasteiger partial charge in [0.05, 0.1) is 35.0 Å². The van der Waals surface area contributed by atoms with Gasteiger partial charge in [-0.05, 0) is 37.1 Å². The van der Waals surface area contributed by atoms with E-state index in [0.29, 0.717) is 37.4 Å². The monoisotopic (exact) mass is 523 g/mol. The normalized spacial score (nSPS) is 14.7. The van der Waals surface area contributed by atoms with Crippen LogP contribution in [0.3, 0.4) is 0 Å². The van der Waals surface area contributed by atoms with Crippen molar-refractivity contribution in [1.82, 2.24) is 4.98 Å². The number of hydrogen-bond acceptors (Lipinski definition) is 9. The second-order valence-corrected chi connectivity index (χ2v) is 11.2. The molecule has 0 atom stereocenters. The number of thiazole rings is 1. The van der Waals surface area contributed by atoms with Gasteiger partial charge in [0.2, 0.25) is 0 Å². The predicted octanol–water partition coefficient (Wildman–Crippen LogP) is 4.83. The van der Waals surface area contributed by atoms with E-state index in [0.717, 1.165) is 22.5 Å². The summed E-state index contributed by atoms with van der Waals surface area (Å²) >= 11 is 7.31. The molecule has 1 aliphatic rings. The van der Waals surface area contributed by atoms with Crippen LogP contribution in [0.25, 0.3) is 11.3 Å². The van der Waals surface area contributed by atoms with E-state index in [9.17, 15) is 18.5 Å². The molecule has 34 heavy (non-hydrogen) atoms. The van der Waals surface area contributed by atoms with Crippen LogP contribution in [-0.2, 0) is 9.84 Å². The number of ether oxygens (including phenoxy) is 2. The summed E-state index contributed by atoms with van der Waals surface area (Å²) in [4.78, 5) is 17.2. The largest absolute Gasteiger partial charge is 0.497 e. The number of piperidine rings is 1. The number of benzene rings is 2. The molecule has 1 fully saturated rings. The molecular formula is C22H22ClN3O6S2. The molecule has 1 saturated heterocycles. The second-order valence-electron chi connectivity index (χ2n) is 7.72. The van der Waals surface area contributed by atoms with Gasteiger partial charge in [-0.15, -0.1) is 11.3 Å². The van der Waals surface area contributed by atoms with Crippen molar-refractivity contribution in [3.05, 3.63) is 56.9 Å². The van der Waals surface area contributed by atoms with Gasteiger partial charge in [0.1, 0.15) is 16.5 Å². The zero-order valence-corrected chi connectivity index (χ0v) is 20.8. The lowest BCUT2D eigenvalue weighted by Gasteiger charge is -2.31. The maximum Gasteiger partial charge on any atom is 0.289 e. The van der Waals surface area contributed by atoms with E-state index in [1.54, 1.807) is 20.3 Å². The van der Waals surface area contributed by atoms with E-state index < -0.39 is 25.7 Å². The number of hydrogen-bond donors (Lipinski definition) is 0. The maximum atomic E-state index is 13.1. The molecule has 0 radical (unpaired) electrons. The Balaban J connectivity index is 1.48. The summed E-state index contributed by atoms with van der Waals surface area (Å²) < 4.78 is 36.9. The van der Waals surface area contributed by atoms with Crippen molar-refractivity contribution >= 4 is 43.6 Å². The highest BCUT2D eigenvalue weighted by molar-refractivity contribution is 7.92. The first-order chi connectivity index (χ1) is 16.2. The first kappa shape index (κ1) is 24.2. The first-order valence-electron chi connectivity index (χ1n) is 10.3. The number of nitrogens with zero attached hydrogens (tertiary/aromatic N) is 3. The smallest absolute Gasteiger partial charge is 0.289 e. The van der Waals surface area contributed by atoms with Crippen LogP contribution >= 0.6 is 22.9 Å². The van der Waals surface area contributed by atoms with Crippen molar-refractivity contribution in [2.75, 3.05) is 32.2 Å². The van der Waals surface area contributed by atoms with Crippen molar-refractivity contribution in [3.8, 4) is 22.8 Å². The van der Waals surface area contributed by atoms with Crippen LogP contribution in [-0.4, -0.2) is 50.9 Å². The van der Waals surface area contributed by atoms with Crippen molar-refractivity contribution < 1.29 is 22.8 Å². The van der Waals surface area contributed by atoms with Crippen molar-refractivity contribution in [2.45, 2.75) is 23.0 Å². The molecule has 0 bridgehead atoms. The fraction of sp³-hybridized carbons (Fsp3) is 0.318. The summed E-state index contributed by atoms with van der Waals surface area (Å²) in [5.41, 5.74) is 1.23. The quantitative estimate of drug-likeness (QED) is 0.319. The van der Waals surface area contributed by atoms with Gasteiger partial charge >= 0.3 is 0 Å². The Morgan fingerprint density at radius 2 is 1.76 bits per heavy atom. The Labute approximate surface area is 206 Å². The zero-order chi connectivity index (χ0) is 24.5. The molecule has 1 aliphatic heterocycles. The highest BCUT2D eigenvalue weighted by Crippen LogP contribution is 2.35. The number of rotatable bonds is 7. The van der Waals surface area contributed by atoms with Crippen LogP contribution in [0, 0.1) is 10.1 Å². The standard InChI is InChI=1S/C22H22ClN3O6S2/c1-31-15-9-14(10-16(11-15)32-2)20-13-33-22(24-20)25-7-5-17(6-8-25)34(29,30)18-3-4-19(23)21(12-18)26(27)28/h3-4,9-13,17H,5-8H2,1-2H3. The molecule has 3 aromatic rings. The number of nitro groups is 1. The highest BCUT2D eigenvalue weighted by Gasteiger charge is 2.33. The van der Waals surface area contributed by atoms with Gasteiger partial charge in [-0.2, -0.15) is 0 Å². The van der Waals surface area contributed by atoms with E-state index in [1.807, 2.05) is 17.5 Å². The zero-order valence-electron chi connectivity index (χ0n) is 18.4. The minimum absolute atomic E-state index is 0.0782. The highest BCUT2D eigenvalue weighted by atomic mass is 35.5. The van der Waals surface area contributed by atoms with Crippen molar-refractivity contribution in [2.24, 2.45) is 0 Å². The number of anilines is 1. The molecule has 9 nitrogen and oxygen atoms in total. The molecule has 0 saturated carbocycles. The number of methoxy groups -OCH3 is 2. The lowest BCUT2D eigenvalue weighted by Crippen LogP contribution is -2.39. The summed E-state index contributed by atoms with van der Waals surface area (Å²) in [6, 6.07) is 9.17.